The Labute approximate surface area is 67.3 Å². The van der Waals surface area contributed by atoms with Crippen LogP contribution in [-0.2, 0) is 9.16 Å². The Bertz CT molecular complexity index is 240. The van der Waals surface area contributed by atoms with Crippen LogP contribution in [-0.4, -0.2) is 12.0 Å². The van der Waals surface area contributed by atoms with Crippen molar-refractivity contribution in [2.45, 2.75) is 20.0 Å². The van der Waals surface area contributed by atoms with Crippen LogP contribution in [0.2, 0.25) is 0 Å². The van der Waals surface area contributed by atoms with Crippen LogP contribution in [0.15, 0.2) is 11.8 Å². The highest BCUT2D eigenvalue weighted by Gasteiger charge is 2.39. The molecule has 2 nitrogen and oxygen atoms in total. The topological polar surface area (TPSA) is 20.5 Å². The highest BCUT2D eigenvalue weighted by atomic mass is 19.4. The molecule has 0 atom stereocenters. The van der Waals surface area contributed by atoms with E-state index in [1.807, 2.05) is 0 Å². The van der Waals surface area contributed by atoms with Crippen molar-refractivity contribution in [1.82, 2.24) is 0 Å². The minimum Gasteiger partial charge on any atom is -0.479 e. The normalized spacial score (nSPS) is 18.2. The molecule has 68 valence electrons. The molecular weight excluding hydrogens is 173 g/mol. The molecule has 0 unspecified atom stereocenters. The third-order valence-corrected chi connectivity index (χ3v) is 1.17. The zero-order chi connectivity index (χ0) is 9.35. The predicted molar refractivity (Wildman–Crippen MR) is 34.8 cm³/mol. The highest BCUT2D eigenvalue weighted by Crippen LogP contribution is 2.23. The summed E-state index contributed by atoms with van der Waals surface area (Å²) in [5.74, 6) is -0.866. The average Bonchev–Trinajstić information content (AvgIpc) is 1.82. The van der Waals surface area contributed by atoms with Crippen molar-refractivity contribution in [3.05, 3.63) is 18.1 Å². The van der Waals surface area contributed by atoms with Gasteiger partial charge in [0.05, 0.1) is 5.76 Å². The predicted octanol–water partition coefficient (Wildman–Crippen LogP) is 2.10. The van der Waals surface area contributed by atoms with Gasteiger partial charge in [-0.05, 0) is 13.0 Å². The Morgan fingerprint density at radius 3 is 2.50 bits per heavy atom. The second kappa shape index (κ2) is 2.73. The lowest BCUT2D eigenvalue weighted by Crippen LogP contribution is -2.27. The number of hydrogen-bond donors (Lipinski definition) is 0. The fourth-order valence-corrected chi connectivity index (χ4v) is 0.786. The van der Waals surface area contributed by atoms with Gasteiger partial charge >= 0.3 is 12.5 Å². The summed E-state index contributed by atoms with van der Waals surface area (Å²) in [5, 5.41) is 0. The minimum atomic E-state index is -4.45. The van der Waals surface area contributed by atoms with Gasteiger partial charge in [0.25, 0.3) is 5.78 Å². The summed E-state index contributed by atoms with van der Waals surface area (Å²) < 4.78 is 45.1. The van der Waals surface area contributed by atoms with Crippen LogP contribution in [0.1, 0.15) is 13.8 Å². The van der Waals surface area contributed by atoms with Crippen molar-refractivity contribution in [2.24, 2.45) is 0 Å². The van der Waals surface area contributed by atoms with Crippen LogP contribution < -0.4 is 0 Å². The van der Waals surface area contributed by atoms with Crippen molar-refractivity contribution in [2.75, 3.05) is 0 Å². The van der Waals surface area contributed by atoms with Crippen molar-refractivity contribution in [3.63, 3.8) is 0 Å². The summed E-state index contributed by atoms with van der Waals surface area (Å²) in [5.41, 5.74) is 0. The van der Waals surface area contributed by atoms with Crippen LogP contribution in [0.25, 0.3) is 0 Å². The molecule has 0 aromatic carbocycles. The number of halogens is 3. The van der Waals surface area contributed by atoms with Crippen molar-refractivity contribution in [1.29, 1.82) is 0 Å². The molecule has 0 fully saturated rings. The van der Waals surface area contributed by atoms with E-state index in [0.717, 1.165) is 6.08 Å². The summed E-state index contributed by atoms with van der Waals surface area (Å²) >= 11 is 0. The second-order valence-corrected chi connectivity index (χ2v) is 2.31. The largest absolute Gasteiger partial charge is 0.479 e. The zero-order valence-corrected chi connectivity index (χ0v) is 6.53. The van der Waals surface area contributed by atoms with Gasteiger partial charge in [0, 0.05) is 6.92 Å². The smallest absolute Gasteiger partial charge is 0.430 e. The molecular formula is C7H7F3O2. The first-order valence-electron chi connectivity index (χ1n) is 3.21. The molecule has 0 N–H and O–H groups in total. The van der Waals surface area contributed by atoms with E-state index in [1.54, 1.807) is 0 Å². The number of alkyl halides is 3. The van der Waals surface area contributed by atoms with Gasteiger partial charge in [-0.15, -0.1) is 0 Å². The van der Waals surface area contributed by atoms with Crippen molar-refractivity contribution in [3.8, 4) is 0 Å². The van der Waals surface area contributed by atoms with E-state index < -0.39 is 12.0 Å². The molecule has 0 saturated heterocycles. The van der Waals surface area contributed by atoms with Crippen LogP contribution in [0.5, 0.6) is 0 Å². The molecule has 0 aliphatic carbocycles. The lowest BCUT2D eigenvalue weighted by Gasteiger charge is -2.16. The summed E-state index contributed by atoms with van der Waals surface area (Å²) in [6, 6.07) is 0. The second-order valence-electron chi connectivity index (χ2n) is 2.31. The van der Waals surface area contributed by atoms with Gasteiger partial charge in [0.2, 0.25) is 0 Å². The minimum absolute atomic E-state index is 0.109. The SMILES string of the molecule is CC1=CC(C(F)(F)F)=[O+][C-](C)O1. The monoisotopic (exact) mass is 180 g/mol. The van der Waals surface area contributed by atoms with Gasteiger partial charge in [-0.25, -0.2) is 0 Å². The number of rotatable bonds is 0. The maximum Gasteiger partial charge on any atom is 0.430 e. The molecule has 12 heavy (non-hydrogen) atoms. The van der Waals surface area contributed by atoms with E-state index in [9.17, 15) is 13.2 Å². The average molecular weight is 180 g/mol. The molecule has 0 amide bonds. The quantitative estimate of drug-likeness (QED) is 0.413. The summed E-state index contributed by atoms with van der Waals surface area (Å²) in [6.07, 6.45) is -3.75. The van der Waals surface area contributed by atoms with Gasteiger partial charge in [-0.1, -0.05) is 0 Å². The Morgan fingerprint density at radius 2 is 2.08 bits per heavy atom. The first-order chi connectivity index (χ1) is 5.39. The summed E-state index contributed by atoms with van der Waals surface area (Å²) in [6.45, 7) is 2.75. The van der Waals surface area contributed by atoms with E-state index in [-0.39, 0.29) is 12.0 Å². The third kappa shape index (κ3) is 1.93. The van der Waals surface area contributed by atoms with Crippen LogP contribution >= 0.6 is 0 Å². The fourth-order valence-electron chi connectivity index (χ4n) is 0.786. The van der Waals surface area contributed by atoms with Crippen molar-refractivity contribution < 1.29 is 22.3 Å². The fraction of sp³-hybridized carbons (Fsp3) is 0.429. The maximum atomic E-state index is 12.0. The lowest BCUT2D eigenvalue weighted by atomic mass is 10.3. The Morgan fingerprint density at radius 1 is 1.50 bits per heavy atom. The molecule has 1 aliphatic heterocycles. The molecule has 0 bridgehead atoms. The van der Waals surface area contributed by atoms with E-state index >= 15 is 0 Å². The van der Waals surface area contributed by atoms with Crippen LogP contribution in [0.3, 0.4) is 0 Å². The Kier molecular flexibility index (Phi) is 2.04. The molecule has 1 aliphatic rings. The standard InChI is InChI=1S/C7H7F3O2/c1-4-3-6(7(8,9)10)12-5(2)11-4/h3H,1-2H3. The molecule has 5 heteroatoms. The molecule has 1 heterocycles. The summed E-state index contributed by atoms with van der Waals surface area (Å²) in [4.78, 5) is 0. The van der Waals surface area contributed by atoms with E-state index in [1.165, 1.54) is 13.8 Å². The zero-order valence-electron chi connectivity index (χ0n) is 6.53. The van der Waals surface area contributed by atoms with Gasteiger partial charge in [0.15, 0.2) is 0 Å². The Balaban J connectivity index is 2.91. The molecule has 0 radical (unpaired) electrons. The number of ether oxygens (including phenoxy) is 1. The number of allylic oxidation sites excluding steroid dienone is 2. The first-order valence-corrected chi connectivity index (χ1v) is 3.21. The Hall–Kier alpha value is -1.13. The van der Waals surface area contributed by atoms with Gasteiger partial charge in [0.1, 0.15) is 0 Å². The van der Waals surface area contributed by atoms with E-state index in [4.69, 9.17) is 4.74 Å². The van der Waals surface area contributed by atoms with E-state index in [0.29, 0.717) is 0 Å². The molecule has 0 aromatic heterocycles. The van der Waals surface area contributed by atoms with Crippen molar-refractivity contribution >= 4 is 5.78 Å². The first kappa shape index (κ1) is 8.96. The molecule has 0 aromatic rings. The number of ketones is 1. The third-order valence-electron chi connectivity index (χ3n) is 1.17. The molecule has 1 rings (SSSR count). The highest BCUT2D eigenvalue weighted by molar-refractivity contribution is 5.95. The van der Waals surface area contributed by atoms with Gasteiger partial charge in [-0.2, -0.15) is 13.2 Å². The van der Waals surface area contributed by atoms with Gasteiger partial charge in [-0.3, -0.25) is 0 Å². The number of hydrogen-bond acceptors (Lipinski definition) is 1. The van der Waals surface area contributed by atoms with Crippen LogP contribution in [0, 0.1) is 6.29 Å². The lowest BCUT2D eigenvalue weighted by molar-refractivity contribution is -0.495. The van der Waals surface area contributed by atoms with Gasteiger partial charge < -0.3 is 9.16 Å². The molecule has 0 spiro atoms. The van der Waals surface area contributed by atoms with Crippen LogP contribution in [0.4, 0.5) is 13.2 Å². The van der Waals surface area contributed by atoms with E-state index in [2.05, 4.69) is 4.42 Å². The molecule has 0 saturated carbocycles. The summed E-state index contributed by atoms with van der Waals surface area (Å²) in [7, 11) is 0. The number of carbonyl (C=O) groups excluding carboxylic acids is 1. The maximum absolute atomic E-state index is 12.0.